The van der Waals surface area contributed by atoms with Crippen molar-refractivity contribution in [3.05, 3.63) is 35.9 Å². The van der Waals surface area contributed by atoms with Crippen LogP contribution in [0.3, 0.4) is 0 Å². The summed E-state index contributed by atoms with van der Waals surface area (Å²) in [6.07, 6.45) is 6.63. The highest BCUT2D eigenvalue weighted by atomic mass is 15.1. The fourth-order valence-corrected chi connectivity index (χ4v) is 3.67. The molecule has 2 heteroatoms. The predicted molar refractivity (Wildman–Crippen MR) is 82.0 cm³/mol. The van der Waals surface area contributed by atoms with Crippen molar-refractivity contribution in [2.75, 3.05) is 20.6 Å². The molecule has 1 aliphatic carbocycles. The minimum absolute atomic E-state index is 0.569. The first-order chi connectivity index (χ1) is 9.22. The molecule has 0 spiro atoms. The van der Waals surface area contributed by atoms with Crippen molar-refractivity contribution in [1.29, 1.82) is 0 Å². The second-order valence-electron chi connectivity index (χ2n) is 6.18. The highest BCUT2D eigenvalue weighted by Crippen LogP contribution is 2.39. The zero-order valence-corrected chi connectivity index (χ0v) is 12.4. The van der Waals surface area contributed by atoms with Gasteiger partial charge in [-0.25, -0.2) is 0 Å². The third-order valence-corrected chi connectivity index (χ3v) is 4.61. The van der Waals surface area contributed by atoms with Crippen molar-refractivity contribution in [2.45, 2.75) is 38.1 Å². The Bertz CT molecular complexity index is 353. The number of hydrogen-bond donors (Lipinski definition) is 1. The predicted octanol–water partition coefficient (Wildman–Crippen LogP) is 3.44. The quantitative estimate of drug-likeness (QED) is 0.878. The van der Waals surface area contributed by atoms with E-state index >= 15 is 0 Å². The van der Waals surface area contributed by atoms with Crippen molar-refractivity contribution in [1.82, 2.24) is 4.90 Å². The zero-order chi connectivity index (χ0) is 13.7. The first-order valence-electron chi connectivity index (χ1n) is 7.63. The molecule has 19 heavy (non-hydrogen) atoms. The Morgan fingerprint density at radius 2 is 1.74 bits per heavy atom. The average molecular weight is 260 g/mol. The van der Waals surface area contributed by atoms with E-state index in [1.165, 1.54) is 37.7 Å². The summed E-state index contributed by atoms with van der Waals surface area (Å²) >= 11 is 0. The molecule has 1 aromatic carbocycles. The van der Waals surface area contributed by atoms with Crippen molar-refractivity contribution in [3.63, 3.8) is 0 Å². The van der Waals surface area contributed by atoms with E-state index in [9.17, 15) is 0 Å². The lowest BCUT2D eigenvalue weighted by molar-refractivity contribution is 0.147. The lowest BCUT2D eigenvalue weighted by atomic mass is 9.75. The highest BCUT2D eigenvalue weighted by molar-refractivity contribution is 5.20. The summed E-state index contributed by atoms with van der Waals surface area (Å²) in [5.41, 5.74) is 7.15. The number of nitrogens with zero attached hydrogens (tertiary/aromatic N) is 1. The lowest BCUT2D eigenvalue weighted by Crippen LogP contribution is -2.30. The summed E-state index contributed by atoms with van der Waals surface area (Å²) in [6, 6.07) is 11.5. The van der Waals surface area contributed by atoms with Crippen LogP contribution in [0.4, 0.5) is 0 Å². The van der Waals surface area contributed by atoms with E-state index in [0.717, 1.165) is 18.4 Å². The van der Waals surface area contributed by atoms with Gasteiger partial charge in [0.1, 0.15) is 0 Å². The van der Waals surface area contributed by atoms with E-state index in [1.807, 2.05) is 0 Å². The standard InChI is InChI=1S/C17H28N2/c1-19(2)17(15-6-4-3-5-7-15)16-10-8-14(9-11-16)12-13-18/h3-7,14,16-17H,8-13,18H2,1-2H3. The zero-order valence-electron chi connectivity index (χ0n) is 12.4. The van der Waals surface area contributed by atoms with Crippen LogP contribution < -0.4 is 5.73 Å². The van der Waals surface area contributed by atoms with Crippen molar-refractivity contribution >= 4 is 0 Å². The van der Waals surface area contributed by atoms with Gasteiger partial charge in [0.2, 0.25) is 0 Å². The van der Waals surface area contributed by atoms with Crippen LogP contribution in [0.2, 0.25) is 0 Å². The van der Waals surface area contributed by atoms with Crippen LogP contribution in [0.1, 0.15) is 43.7 Å². The maximum atomic E-state index is 5.68. The van der Waals surface area contributed by atoms with E-state index in [1.54, 1.807) is 0 Å². The van der Waals surface area contributed by atoms with E-state index < -0.39 is 0 Å². The maximum Gasteiger partial charge on any atom is 0.0370 e. The van der Waals surface area contributed by atoms with E-state index in [4.69, 9.17) is 5.73 Å². The molecule has 1 fully saturated rings. The Balaban J connectivity index is 2.02. The van der Waals surface area contributed by atoms with Crippen molar-refractivity contribution in [3.8, 4) is 0 Å². The van der Waals surface area contributed by atoms with Crippen LogP contribution in [-0.2, 0) is 0 Å². The number of nitrogens with two attached hydrogens (primary N) is 1. The summed E-state index contributed by atoms with van der Waals surface area (Å²) in [7, 11) is 4.42. The normalized spacial score (nSPS) is 25.5. The number of hydrogen-bond acceptors (Lipinski definition) is 2. The Labute approximate surface area is 118 Å². The number of benzene rings is 1. The minimum atomic E-state index is 0.569. The molecule has 2 N–H and O–H groups in total. The van der Waals surface area contributed by atoms with Gasteiger partial charge in [-0.05, 0) is 57.3 Å². The molecule has 2 nitrogen and oxygen atoms in total. The van der Waals surface area contributed by atoms with Gasteiger partial charge in [0, 0.05) is 6.04 Å². The van der Waals surface area contributed by atoms with Crippen LogP contribution in [0.25, 0.3) is 0 Å². The van der Waals surface area contributed by atoms with Crippen LogP contribution in [-0.4, -0.2) is 25.5 Å². The Hall–Kier alpha value is -0.860. The van der Waals surface area contributed by atoms with Gasteiger partial charge in [-0.2, -0.15) is 0 Å². The molecule has 1 aromatic rings. The second kappa shape index (κ2) is 7.06. The monoisotopic (exact) mass is 260 g/mol. The van der Waals surface area contributed by atoms with Gasteiger partial charge in [-0.15, -0.1) is 0 Å². The average Bonchev–Trinajstić information content (AvgIpc) is 2.42. The lowest BCUT2D eigenvalue weighted by Gasteiger charge is -2.37. The molecule has 1 unspecified atom stereocenters. The number of rotatable bonds is 5. The van der Waals surface area contributed by atoms with Gasteiger partial charge in [-0.3, -0.25) is 0 Å². The van der Waals surface area contributed by atoms with Crippen molar-refractivity contribution in [2.24, 2.45) is 17.6 Å². The van der Waals surface area contributed by atoms with Gasteiger partial charge in [0.05, 0.1) is 0 Å². The van der Waals surface area contributed by atoms with Gasteiger partial charge >= 0.3 is 0 Å². The maximum absolute atomic E-state index is 5.68. The van der Waals surface area contributed by atoms with Crippen LogP contribution in [0.15, 0.2) is 30.3 Å². The molecule has 0 aliphatic heterocycles. The van der Waals surface area contributed by atoms with Crippen LogP contribution in [0.5, 0.6) is 0 Å². The summed E-state index contributed by atoms with van der Waals surface area (Å²) in [5.74, 6) is 1.67. The third kappa shape index (κ3) is 3.80. The molecule has 1 atom stereocenters. The fraction of sp³-hybridized carbons (Fsp3) is 0.647. The van der Waals surface area contributed by atoms with Gasteiger partial charge < -0.3 is 10.6 Å². The summed E-state index contributed by atoms with van der Waals surface area (Å²) in [6.45, 7) is 0.852. The molecule has 0 bridgehead atoms. The second-order valence-corrected chi connectivity index (χ2v) is 6.18. The molecule has 0 saturated heterocycles. The Kier molecular flexibility index (Phi) is 5.41. The van der Waals surface area contributed by atoms with Crippen LogP contribution in [0, 0.1) is 11.8 Å². The minimum Gasteiger partial charge on any atom is -0.330 e. The van der Waals surface area contributed by atoms with Crippen molar-refractivity contribution < 1.29 is 0 Å². The van der Waals surface area contributed by atoms with E-state index in [-0.39, 0.29) is 0 Å². The molecular formula is C17H28N2. The molecule has 0 heterocycles. The molecular weight excluding hydrogens is 232 g/mol. The fourth-order valence-electron chi connectivity index (χ4n) is 3.67. The van der Waals surface area contributed by atoms with Gasteiger partial charge in [-0.1, -0.05) is 43.2 Å². The molecule has 0 amide bonds. The third-order valence-electron chi connectivity index (χ3n) is 4.61. The molecule has 1 aliphatic rings. The SMILES string of the molecule is CN(C)C(c1ccccc1)C1CCC(CCN)CC1. The highest BCUT2D eigenvalue weighted by Gasteiger charge is 2.29. The van der Waals surface area contributed by atoms with Gasteiger partial charge in [0.25, 0.3) is 0 Å². The first-order valence-corrected chi connectivity index (χ1v) is 7.63. The summed E-state index contributed by atoms with van der Waals surface area (Å²) < 4.78 is 0. The Morgan fingerprint density at radius 1 is 1.11 bits per heavy atom. The summed E-state index contributed by atoms with van der Waals surface area (Å²) in [5, 5.41) is 0. The first kappa shape index (κ1) is 14.5. The largest absolute Gasteiger partial charge is 0.330 e. The van der Waals surface area contributed by atoms with Crippen LogP contribution >= 0.6 is 0 Å². The smallest absolute Gasteiger partial charge is 0.0370 e. The van der Waals surface area contributed by atoms with E-state index in [2.05, 4.69) is 49.3 Å². The molecule has 0 aromatic heterocycles. The molecule has 106 valence electrons. The molecule has 0 radical (unpaired) electrons. The topological polar surface area (TPSA) is 29.3 Å². The molecule has 1 saturated carbocycles. The Morgan fingerprint density at radius 3 is 2.26 bits per heavy atom. The summed E-state index contributed by atoms with van der Waals surface area (Å²) in [4.78, 5) is 2.39. The van der Waals surface area contributed by atoms with E-state index in [0.29, 0.717) is 6.04 Å². The van der Waals surface area contributed by atoms with Gasteiger partial charge in [0.15, 0.2) is 0 Å². The molecule has 2 rings (SSSR count).